The summed E-state index contributed by atoms with van der Waals surface area (Å²) in [6.45, 7) is 6.29. The molecule has 0 aromatic carbocycles. The number of nitrogens with zero attached hydrogens (tertiary/aromatic N) is 1. The van der Waals surface area contributed by atoms with Gasteiger partial charge in [0, 0.05) is 17.5 Å². The molecule has 1 aromatic rings. The third-order valence-corrected chi connectivity index (χ3v) is 3.75. The van der Waals surface area contributed by atoms with Crippen molar-refractivity contribution < 1.29 is 5.11 Å². The van der Waals surface area contributed by atoms with Crippen molar-refractivity contribution in [1.82, 2.24) is 4.98 Å². The highest BCUT2D eigenvalue weighted by atomic mass is 32.2. The number of nitrogens with two attached hydrogens (primary N) is 1. The van der Waals surface area contributed by atoms with E-state index in [1.807, 2.05) is 13.0 Å². The highest BCUT2D eigenvalue weighted by Gasteiger charge is 2.14. The molecule has 0 amide bonds. The molecule has 1 unspecified atom stereocenters. The van der Waals surface area contributed by atoms with Crippen LogP contribution in [0.15, 0.2) is 12.3 Å². The fraction of sp³-hybridized carbons (Fsp3) is 0.583. The van der Waals surface area contributed by atoms with Gasteiger partial charge in [0.2, 0.25) is 0 Å². The first-order valence-electron chi connectivity index (χ1n) is 5.49. The van der Waals surface area contributed by atoms with Crippen molar-refractivity contribution in [3.8, 4) is 0 Å². The van der Waals surface area contributed by atoms with Crippen LogP contribution in [0.1, 0.15) is 31.1 Å². The van der Waals surface area contributed by atoms with Crippen LogP contribution < -0.4 is 5.73 Å². The van der Waals surface area contributed by atoms with Crippen molar-refractivity contribution in [1.29, 1.82) is 0 Å². The second kappa shape index (κ2) is 6.11. The molecule has 0 spiro atoms. The summed E-state index contributed by atoms with van der Waals surface area (Å²) in [7, 11) is 0. The Labute approximate surface area is 101 Å². The molecule has 0 fully saturated rings. The van der Waals surface area contributed by atoms with Crippen LogP contribution >= 0.6 is 11.8 Å². The summed E-state index contributed by atoms with van der Waals surface area (Å²) in [6, 6.07) is 1.88. The van der Waals surface area contributed by atoms with Crippen molar-refractivity contribution in [3.63, 3.8) is 0 Å². The molecular weight excluding hydrogens is 220 g/mol. The van der Waals surface area contributed by atoms with Gasteiger partial charge >= 0.3 is 0 Å². The molecule has 0 aliphatic heterocycles. The lowest BCUT2D eigenvalue weighted by molar-refractivity contribution is 0.204. The van der Waals surface area contributed by atoms with E-state index in [1.165, 1.54) is 0 Å². The number of rotatable bonds is 5. The molecule has 3 nitrogen and oxygen atoms in total. The summed E-state index contributed by atoms with van der Waals surface area (Å²) in [5.74, 6) is 2.81. The van der Waals surface area contributed by atoms with Crippen molar-refractivity contribution in [3.05, 3.63) is 23.4 Å². The Kier molecular flexibility index (Phi) is 5.09. The highest BCUT2D eigenvalue weighted by molar-refractivity contribution is 7.99. The second-order valence-corrected chi connectivity index (χ2v) is 5.45. The fourth-order valence-electron chi connectivity index (χ4n) is 1.52. The first kappa shape index (κ1) is 13.3. The summed E-state index contributed by atoms with van der Waals surface area (Å²) in [4.78, 5) is 4.01. The van der Waals surface area contributed by atoms with Gasteiger partial charge in [0.1, 0.15) is 5.82 Å². The van der Waals surface area contributed by atoms with Crippen LogP contribution in [0.4, 0.5) is 5.82 Å². The number of thioether (sulfide) groups is 1. The normalized spacial score (nSPS) is 13.1. The molecule has 1 rings (SSSR count). The van der Waals surface area contributed by atoms with Gasteiger partial charge in [0.25, 0.3) is 0 Å². The first-order valence-corrected chi connectivity index (χ1v) is 6.64. The Morgan fingerprint density at radius 3 is 2.69 bits per heavy atom. The minimum atomic E-state index is -0.516. The van der Waals surface area contributed by atoms with Gasteiger partial charge in [-0.2, -0.15) is 11.8 Å². The number of aromatic nitrogens is 1. The van der Waals surface area contributed by atoms with Crippen molar-refractivity contribution in [2.75, 3.05) is 17.2 Å². The Bertz CT molecular complexity index is 322. The molecule has 0 aliphatic rings. The van der Waals surface area contributed by atoms with E-state index in [1.54, 1.807) is 18.0 Å². The molecule has 1 aromatic heterocycles. The average Bonchev–Trinajstić information content (AvgIpc) is 2.16. The van der Waals surface area contributed by atoms with E-state index in [2.05, 4.69) is 18.8 Å². The first-order chi connectivity index (χ1) is 7.52. The maximum atomic E-state index is 10.1. The smallest absolute Gasteiger partial charge is 0.129 e. The standard InChI is InChI=1S/C12H20N2OS/c1-8(2)6-16-7-10(15)11-9(3)4-5-14-12(11)13/h4-5,8,10,15H,6-7H2,1-3H3,(H2,13,14). The maximum Gasteiger partial charge on any atom is 0.129 e. The van der Waals surface area contributed by atoms with Crippen molar-refractivity contribution >= 4 is 17.6 Å². The topological polar surface area (TPSA) is 59.1 Å². The largest absolute Gasteiger partial charge is 0.387 e. The van der Waals surface area contributed by atoms with E-state index in [0.717, 1.165) is 16.9 Å². The molecule has 16 heavy (non-hydrogen) atoms. The molecule has 0 saturated carbocycles. The lowest BCUT2D eigenvalue weighted by atomic mass is 10.1. The van der Waals surface area contributed by atoms with Gasteiger partial charge in [0.15, 0.2) is 0 Å². The average molecular weight is 240 g/mol. The molecular formula is C12H20N2OS. The van der Waals surface area contributed by atoms with Crippen LogP contribution in [-0.4, -0.2) is 21.6 Å². The van der Waals surface area contributed by atoms with Crippen LogP contribution in [0, 0.1) is 12.8 Å². The van der Waals surface area contributed by atoms with E-state index in [-0.39, 0.29) is 0 Å². The Morgan fingerprint density at radius 2 is 2.12 bits per heavy atom. The Morgan fingerprint density at radius 1 is 1.44 bits per heavy atom. The lowest BCUT2D eigenvalue weighted by Crippen LogP contribution is -2.09. The number of nitrogen functional groups attached to an aromatic ring is 1. The van der Waals surface area contributed by atoms with Gasteiger partial charge in [-0.15, -0.1) is 0 Å². The number of anilines is 1. The molecule has 90 valence electrons. The number of aryl methyl sites for hydroxylation is 1. The lowest BCUT2D eigenvalue weighted by Gasteiger charge is -2.15. The van der Waals surface area contributed by atoms with E-state index in [9.17, 15) is 5.11 Å². The fourth-order valence-corrected chi connectivity index (χ4v) is 2.52. The number of hydrogen-bond acceptors (Lipinski definition) is 4. The van der Waals surface area contributed by atoms with Crippen LogP contribution in [0.25, 0.3) is 0 Å². The van der Waals surface area contributed by atoms with E-state index in [0.29, 0.717) is 17.5 Å². The van der Waals surface area contributed by atoms with Gasteiger partial charge in [-0.25, -0.2) is 4.98 Å². The minimum absolute atomic E-state index is 0.442. The minimum Gasteiger partial charge on any atom is -0.387 e. The van der Waals surface area contributed by atoms with Gasteiger partial charge in [-0.1, -0.05) is 13.8 Å². The zero-order chi connectivity index (χ0) is 12.1. The molecule has 0 radical (unpaired) electrons. The van der Waals surface area contributed by atoms with Crippen molar-refractivity contribution in [2.24, 2.45) is 5.92 Å². The van der Waals surface area contributed by atoms with Gasteiger partial charge < -0.3 is 10.8 Å². The second-order valence-electron chi connectivity index (χ2n) is 4.37. The maximum absolute atomic E-state index is 10.1. The van der Waals surface area contributed by atoms with Gasteiger partial charge in [-0.05, 0) is 30.2 Å². The zero-order valence-corrected chi connectivity index (χ0v) is 10.9. The van der Waals surface area contributed by atoms with E-state index >= 15 is 0 Å². The van der Waals surface area contributed by atoms with Crippen LogP contribution in [0.5, 0.6) is 0 Å². The summed E-state index contributed by atoms with van der Waals surface area (Å²) in [5, 5.41) is 10.1. The van der Waals surface area contributed by atoms with Gasteiger partial charge in [0.05, 0.1) is 6.10 Å². The van der Waals surface area contributed by atoms with Crippen LogP contribution in [0.3, 0.4) is 0 Å². The summed E-state index contributed by atoms with van der Waals surface area (Å²) < 4.78 is 0. The highest BCUT2D eigenvalue weighted by Crippen LogP contribution is 2.25. The van der Waals surface area contributed by atoms with E-state index in [4.69, 9.17) is 5.73 Å². The molecule has 0 saturated heterocycles. The Balaban J connectivity index is 2.62. The number of aliphatic hydroxyl groups excluding tert-OH is 1. The van der Waals surface area contributed by atoms with Gasteiger partial charge in [-0.3, -0.25) is 0 Å². The number of pyridine rings is 1. The third kappa shape index (κ3) is 3.68. The molecule has 0 aliphatic carbocycles. The summed E-state index contributed by atoms with van der Waals surface area (Å²) in [6.07, 6.45) is 1.15. The molecule has 1 atom stereocenters. The Hall–Kier alpha value is -0.740. The van der Waals surface area contributed by atoms with Crippen LogP contribution in [0.2, 0.25) is 0 Å². The monoisotopic (exact) mass is 240 g/mol. The van der Waals surface area contributed by atoms with E-state index < -0.39 is 6.10 Å². The summed E-state index contributed by atoms with van der Waals surface area (Å²) in [5.41, 5.74) is 7.55. The third-order valence-electron chi connectivity index (χ3n) is 2.30. The molecule has 3 N–H and O–H groups in total. The molecule has 0 bridgehead atoms. The summed E-state index contributed by atoms with van der Waals surface area (Å²) >= 11 is 1.75. The molecule has 4 heteroatoms. The zero-order valence-electron chi connectivity index (χ0n) is 10.1. The number of hydrogen-bond donors (Lipinski definition) is 2. The van der Waals surface area contributed by atoms with Crippen LogP contribution in [-0.2, 0) is 0 Å². The predicted molar refractivity (Wildman–Crippen MR) is 70.5 cm³/mol. The van der Waals surface area contributed by atoms with Crippen molar-refractivity contribution in [2.45, 2.75) is 26.9 Å². The SMILES string of the molecule is Cc1ccnc(N)c1C(O)CSCC(C)C. The quantitative estimate of drug-likeness (QED) is 0.829. The number of aliphatic hydroxyl groups is 1. The predicted octanol–water partition coefficient (Wildman–Crippen LogP) is 2.39. The molecule has 1 heterocycles.